The molecule has 1 aliphatic rings. The smallest absolute Gasteiger partial charge is 0.408 e. The van der Waals surface area contributed by atoms with Gasteiger partial charge in [0, 0.05) is 44.3 Å². The average Bonchev–Trinajstić information content (AvgIpc) is 3.01. The lowest BCUT2D eigenvalue weighted by atomic mass is 10.2. The first-order chi connectivity index (χ1) is 11.7. The van der Waals surface area contributed by atoms with Gasteiger partial charge in [-0.15, -0.1) is 0 Å². The Morgan fingerprint density at radius 2 is 2.00 bits per heavy atom. The number of carbonyl (C=O) groups is 1. The Balaban J connectivity index is 1.47. The van der Waals surface area contributed by atoms with Crippen molar-refractivity contribution in [1.82, 2.24) is 14.9 Å². The molecule has 7 nitrogen and oxygen atoms in total. The maximum absolute atomic E-state index is 12.4. The van der Waals surface area contributed by atoms with Crippen LogP contribution in [0.3, 0.4) is 0 Å². The highest BCUT2D eigenvalue weighted by molar-refractivity contribution is 5.94. The monoisotopic (exact) mass is 324 g/mol. The fourth-order valence-corrected chi connectivity index (χ4v) is 2.98. The second-order valence-electron chi connectivity index (χ2n) is 5.72. The summed E-state index contributed by atoms with van der Waals surface area (Å²) >= 11 is 0. The van der Waals surface area contributed by atoms with E-state index in [1.165, 1.54) is 0 Å². The quantitative estimate of drug-likeness (QED) is 0.772. The molecule has 1 aliphatic heterocycles. The van der Waals surface area contributed by atoms with E-state index in [4.69, 9.17) is 4.42 Å². The van der Waals surface area contributed by atoms with Crippen molar-refractivity contribution >= 4 is 22.7 Å². The molecular weight excluding hydrogens is 308 g/mol. The number of hydrogen-bond acceptors (Lipinski definition) is 5. The van der Waals surface area contributed by atoms with E-state index in [9.17, 15) is 9.59 Å². The zero-order valence-corrected chi connectivity index (χ0v) is 12.9. The molecule has 0 aliphatic carbocycles. The third-order valence-corrected chi connectivity index (χ3v) is 4.24. The van der Waals surface area contributed by atoms with E-state index >= 15 is 0 Å². The molecule has 7 heteroatoms. The normalized spacial score (nSPS) is 15.0. The third kappa shape index (κ3) is 2.64. The van der Waals surface area contributed by atoms with E-state index in [0.29, 0.717) is 29.8 Å². The molecule has 3 aromatic rings. The van der Waals surface area contributed by atoms with Crippen molar-refractivity contribution in [3.8, 4) is 0 Å². The highest BCUT2D eigenvalue weighted by Gasteiger charge is 2.22. The Morgan fingerprint density at radius 3 is 2.75 bits per heavy atom. The van der Waals surface area contributed by atoms with E-state index in [1.54, 1.807) is 30.6 Å². The summed E-state index contributed by atoms with van der Waals surface area (Å²) in [6, 6.07) is 9.17. The molecule has 1 N–H and O–H groups in total. The largest absolute Gasteiger partial charge is 0.417 e. The predicted octanol–water partition coefficient (Wildman–Crippen LogP) is 1.48. The summed E-state index contributed by atoms with van der Waals surface area (Å²) < 4.78 is 5.02. The summed E-state index contributed by atoms with van der Waals surface area (Å²) in [4.78, 5) is 34.4. The van der Waals surface area contributed by atoms with Crippen LogP contribution >= 0.6 is 0 Å². The number of amides is 1. The molecule has 3 heterocycles. The molecule has 0 bridgehead atoms. The van der Waals surface area contributed by atoms with Gasteiger partial charge in [0.15, 0.2) is 5.58 Å². The van der Waals surface area contributed by atoms with Crippen molar-refractivity contribution in [2.45, 2.75) is 0 Å². The Hall–Kier alpha value is -3.09. The maximum Gasteiger partial charge on any atom is 0.417 e. The second-order valence-corrected chi connectivity index (χ2v) is 5.72. The number of pyridine rings is 1. The second kappa shape index (κ2) is 5.84. The third-order valence-electron chi connectivity index (χ3n) is 4.24. The van der Waals surface area contributed by atoms with Gasteiger partial charge in [0.2, 0.25) is 0 Å². The molecule has 0 saturated carbocycles. The minimum Gasteiger partial charge on any atom is -0.408 e. The molecule has 1 amide bonds. The molecule has 2 aromatic heterocycles. The summed E-state index contributed by atoms with van der Waals surface area (Å²) in [5.41, 5.74) is 2.86. The molecule has 0 unspecified atom stereocenters. The van der Waals surface area contributed by atoms with E-state index in [0.717, 1.165) is 18.8 Å². The molecule has 4 rings (SSSR count). The van der Waals surface area contributed by atoms with Gasteiger partial charge in [-0.2, -0.15) is 0 Å². The number of nitrogens with one attached hydrogen (secondary N) is 1. The number of H-pyrrole nitrogens is 1. The van der Waals surface area contributed by atoms with Crippen molar-refractivity contribution in [3.63, 3.8) is 0 Å². The van der Waals surface area contributed by atoms with E-state index in [-0.39, 0.29) is 5.91 Å². The standard InChI is InChI=1S/C17H16N4O3/c22-16(12-2-1-5-18-11-12)21-8-6-20(7-9-21)13-3-4-15-14(10-13)19-17(23)24-15/h1-5,10-11H,6-9H2,(H,19,23). The van der Waals surface area contributed by atoms with Crippen LogP contribution in [0.2, 0.25) is 0 Å². The zero-order chi connectivity index (χ0) is 16.5. The molecular formula is C17H16N4O3. The molecule has 0 atom stereocenters. The SMILES string of the molecule is O=C(c1cccnc1)N1CCN(c2ccc3oc(=O)[nH]c3c2)CC1. The van der Waals surface area contributed by atoms with Crippen LogP contribution < -0.4 is 10.7 Å². The van der Waals surface area contributed by atoms with Gasteiger partial charge in [-0.05, 0) is 30.3 Å². The van der Waals surface area contributed by atoms with E-state index < -0.39 is 5.76 Å². The van der Waals surface area contributed by atoms with Gasteiger partial charge >= 0.3 is 5.76 Å². The Bertz CT molecular complexity index is 924. The number of oxazole rings is 1. The molecule has 0 spiro atoms. The van der Waals surface area contributed by atoms with Crippen LogP contribution in [0.4, 0.5) is 5.69 Å². The number of anilines is 1. The maximum atomic E-state index is 12.4. The van der Waals surface area contributed by atoms with Crippen LogP contribution in [0.5, 0.6) is 0 Å². The Morgan fingerprint density at radius 1 is 1.17 bits per heavy atom. The average molecular weight is 324 g/mol. The van der Waals surface area contributed by atoms with Gasteiger partial charge in [-0.25, -0.2) is 4.79 Å². The lowest BCUT2D eigenvalue weighted by Gasteiger charge is -2.36. The Kier molecular flexibility index (Phi) is 3.53. The zero-order valence-electron chi connectivity index (χ0n) is 12.9. The lowest BCUT2D eigenvalue weighted by molar-refractivity contribution is 0.0746. The van der Waals surface area contributed by atoms with Crippen molar-refractivity contribution in [2.75, 3.05) is 31.1 Å². The van der Waals surface area contributed by atoms with Gasteiger partial charge in [-0.3, -0.25) is 14.8 Å². The van der Waals surface area contributed by atoms with Crippen molar-refractivity contribution in [1.29, 1.82) is 0 Å². The number of nitrogens with zero attached hydrogens (tertiary/aromatic N) is 3. The number of hydrogen-bond donors (Lipinski definition) is 1. The van der Waals surface area contributed by atoms with Gasteiger partial charge in [0.05, 0.1) is 11.1 Å². The number of fused-ring (bicyclic) bond motifs is 1. The highest BCUT2D eigenvalue weighted by atomic mass is 16.4. The molecule has 24 heavy (non-hydrogen) atoms. The van der Waals surface area contributed by atoms with E-state index in [2.05, 4.69) is 14.9 Å². The van der Waals surface area contributed by atoms with Gasteiger partial charge in [0.25, 0.3) is 5.91 Å². The van der Waals surface area contributed by atoms with Crippen LogP contribution in [-0.4, -0.2) is 47.0 Å². The summed E-state index contributed by atoms with van der Waals surface area (Å²) in [5, 5.41) is 0. The van der Waals surface area contributed by atoms with Gasteiger partial charge in [-0.1, -0.05) is 0 Å². The summed E-state index contributed by atoms with van der Waals surface area (Å²) in [5.74, 6) is -0.439. The van der Waals surface area contributed by atoms with Gasteiger partial charge < -0.3 is 14.2 Å². The minimum absolute atomic E-state index is 0.0115. The predicted molar refractivity (Wildman–Crippen MR) is 89.2 cm³/mol. The number of carbonyl (C=O) groups excluding carboxylic acids is 1. The highest BCUT2D eigenvalue weighted by Crippen LogP contribution is 2.21. The number of aromatic nitrogens is 2. The fourth-order valence-electron chi connectivity index (χ4n) is 2.98. The van der Waals surface area contributed by atoms with Crippen LogP contribution in [0.15, 0.2) is 51.9 Å². The first-order valence-electron chi connectivity index (χ1n) is 7.78. The van der Waals surface area contributed by atoms with E-state index in [1.807, 2.05) is 17.0 Å². The molecule has 0 radical (unpaired) electrons. The van der Waals surface area contributed by atoms with Crippen molar-refractivity contribution < 1.29 is 9.21 Å². The summed E-state index contributed by atoms with van der Waals surface area (Å²) in [6.07, 6.45) is 3.25. The fraction of sp³-hybridized carbons (Fsp3) is 0.235. The van der Waals surface area contributed by atoms with Crippen LogP contribution in [0.25, 0.3) is 11.1 Å². The van der Waals surface area contributed by atoms with Gasteiger partial charge in [0.1, 0.15) is 0 Å². The Labute approximate surface area is 137 Å². The number of benzene rings is 1. The first kappa shape index (κ1) is 14.5. The minimum atomic E-state index is -0.450. The molecule has 1 aromatic carbocycles. The summed E-state index contributed by atoms with van der Waals surface area (Å²) in [7, 11) is 0. The number of rotatable bonds is 2. The first-order valence-corrected chi connectivity index (χ1v) is 7.78. The molecule has 1 fully saturated rings. The number of aromatic amines is 1. The van der Waals surface area contributed by atoms with Crippen LogP contribution in [0, 0.1) is 0 Å². The van der Waals surface area contributed by atoms with Crippen molar-refractivity contribution in [2.24, 2.45) is 0 Å². The molecule has 122 valence electrons. The molecule has 1 saturated heterocycles. The number of piperazine rings is 1. The van der Waals surface area contributed by atoms with Crippen LogP contribution in [-0.2, 0) is 0 Å². The van der Waals surface area contributed by atoms with Crippen LogP contribution in [0.1, 0.15) is 10.4 Å². The topological polar surface area (TPSA) is 82.4 Å². The lowest BCUT2D eigenvalue weighted by Crippen LogP contribution is -2.48. The van der Waals surface area contributed by atoms with Crippen molar-refractivity contribution in [3.05, 3.63) is 58.8 Å². The summed E-state index contributed by atoms with van der Waals surface area (Å²) in [6.45, 7) is 2.76.